The Kier molecular flexibility index (Phi) is 7.29. The third-order valence-corrected chi connectivity index (χ3v) is 6.87. The Morgan fingerprint density at radius 3 is 2.29 bits per heavy atom. The number of halogens is 1. The first-order valence-electron chi connectivity index (χ1n) is 12.4. The molecular weight excluding hydrogens is 485 g/mol. The number of rotatable bonds is 8. The van der Waals surface area contributed by atoms with Crippen molar-refractivity contribution >= 4 is 11.8 Å². The van der Waals surface area contributed by atoms with Crippen LogP contribution in [0, 0.1) is 5.82 Å². The van der Waals surface area contributed by atoms with Crippen LogP contribution in [0.1, 0.15) is 36.1 Å². The van der Waals surface area contributed by atoms with Crippen LogP contribution in [0.3, 0.4) is 0 Å². The number of aromatic hydroxyl groups is 1. The van der Waals surface area contributed by atoms with Crippen molar-refractivity contribution in [2.24, 2.45) is 0 Å². The van der Waals surface area contributed by atoms with E-state index in [0.717, 1.165) is 11.1 Å². The second-order valence-electron chi connectivity index (χ2n) is 9.22. The Balaban J connectivity index is 1.45. The van der Waals surface area contributed by atoms with Crippen LogP contribution in [0.4, 0.5) is 14.9 Å². The van der Waals surface area contributed by atoms with Crippen LogP contribution in [-0.2, 0) is 4.74 Å². The number of hydrogen-bond donors (Lipinski definition) is 2. The SMILES string of the molecule is COc1ccc([C@@H]2[C@@H](CC[C@H](O)c3ccc(F)cc3)OC(=O)N2c2ccc(-c3ccccc3)cc2)c(O)c1. The minimum absolute atomic E-state index is 0.0253. The number of carbonyl (C=O) groups is 1. The molecule has 1 aliphatic rings. The first kappa shape index (κ1) is 25.3. The molecule has 0 unspecified atom stereocenters. The zero-order valence-corrected chi connectivity index (χ0v) is 20.8. The fourth-order valence-electron chi connectivity index (χ4n) is 4.87. The van der Waals surface area contributed by atoms with Crippen molar-refractivity contribution in [3.8, 4) is 22.6 Å². The maximum Gasteiger partial charge on any atom is 0.415 e. The standard InChI is InChI=1S/C31H28FNO5/c1-37-25-15-16-26(28(35)19-25)30-29(18-17-27(34)22-7-11-23(32)12-8-22)38-31(36)33(30)24-13-9-21(10-14-24)20-5-3-2-4-6-20/h2-16,19,27,29-30,34-35H,17-18H2,1H3/t27-,29+,30+/m0/s1. The molecule has 0 aliphatic carbocycles. The van der Waals surface area contributed by atoms with E-state index >= 15 is 0 Å². The van der Waals surface area contributed by atoms with Crippen LogP contribution in [0.25, 0.3) is 11.1 Å². The number of aliphatic hydroxyl groups is 1. The lowest BCUT2D eigenvalue weighted by Gasteiger charge is -2.26. The number of benzene rings is 4. The number of methoxy groups -OCH3 is 1. The minimum Gasteiger partial charge on any atom is -0.507 e. The van der Waals surface area contributed by atoms with Crippen molar-refractivity contribution in [1.82, 2.24) is 0 Å². The summed E-state index contributed by atoms with van der Waals surface area (Å²) in [5.74, 6) is 0.0795. The highest BCUT2D eigenvalue weighted by molar-refractivity contribution is 5.91. The summed E-state index contributed by atoms with van der Waals surface area (Å²) >= 11 is 0. The lowest BCUT2D eigenvalue weighted by Crippen LogP contribution is -2.29. The van der Waals surface area contributed by atoms with E-state index in [1.807, 2.05) is 54.6 Å². The third kappa shape index (κ3) is 5.19. The molecule has 1 amide bonds. The summed E-state index contributed by atoms with van der Waals surface area (Å²) in [5.41, 5.74) is 3.76. The van der Waals surface area contributed by atoms with Crippen LogP contribution in [0.2, 0.25) is 0 Å². The summed E-state index contributed by atoms with van der Waals surface area (Å²) in [7, 11) is 1.51. The number of phenolic OH excluding ortho intramolecular Hbond substituents is 1. The van der Waals surface area contributed by atoms with Crippen LogP contribution in [0.5, 0.6) is 11.5 Å². The summed E-state index contributed by atoms with van der Waals surface area (Å²) in [4.78, 5) is 14.7. The first-order valence-corrected chi connectivity index (χ1v) is 12.4. The van der Waals surface area contributed by atoms with Gasteiger partial charge in [0.15, 0.2) is 0 Å². The van der Waals surface area contributed by atoms with E-state index < -0.39 is 24.3 Å². The van der Waals surface area contributed by atoms with Gasteiger partial charge in [0.25, 0.3) is 0 Å². The zero-order valence-electron chi connectivity index (χ0n) is 20.8. The molecule has 0 saturated carbocycles. The predicted molar refractivity (Wildman–Crippen MR) is 143 cm³/mol. The summed E-state index contributed by atoms with van der Waals surface area (Å²) < 4.78 is 24.3. The van der Waals surface area contributed by atoms with Crippen LogP contribution in [-0.4, -0.2) is 29.5 Å². The lowest BCUT2D eigenvalue weighted by molar-refractivity contribution is 0.100. The molecule has 194 valence electrons. The second-order valence-corrected chi connectivity index (χ2v) is 9.22. The van der Waals surface area contributed by atoms with E-state index in [4.69, 9.17) is 9.47 Å². The van der Waals surface area contributed by atoms with Gasteiger partial charge in [0.2, 0.25) is 0 Å². The number of amides is 1. The fraction of sp³-hybridized carbons (Fsp3) is 0.194. The molecule has 3 atom stereocenters. The minimum atomic E-state index is -0.862. The predicted octanol–water partition coefficient (Wildman–Crippen LogP) is 6.79. The molecule has 5 rings (SSSR count). The van der Waals surface area contributed by atoms with Crippen LogP contribution >= 0.6 is 0 Å². The first-order chi connectivity index (χ1) is 18.4. The van der Waals surface area contributed by atoms with E-state index in [-0.39, 0.29) is 18.0 Å². The van der Waals surface area contributed by atoms with Crippen LogP contribution < -0.4 is 9.64 Å². The van der Waals surface area contributed by atoms with Crippen molar-refractivity contribution < 1.29 is 28.9 Å². The van der Waals surface area contributed by atoms with Gasteiger partial charge in [-0.1, -0.05) is 54.6 Å². The largest absolute Gasteiger partial charge is 0.507 e. The average molecular weight is 514 g/mol. The zero-order chi connectivity index (χ0) is 26.6. The molecule has 7 heteroatoms. The molecule has 4 aromatic rings. The van der Waals surface area contributed by atoms with Crippen molar-refractivity contribution in [2.45, 2.75) is 31.1 Å². The summed E-state index contributed by atoms with van der Waals surface area (Å²) in [6, 6.07) is 27.5. The Hall–Kier alpha value is -4.36. The Bertz CT molecular complexity index is 1390. The average Bonchev–Trinajstić information content (AvgIpc) is 3.28. The van der Waals surface area contributed by atoms with Crippen LogP contribution in [0.15, 0.2) is 97.1 Å². The number of nitrogens with zero attached hydrogens (tertiary/aromatic N) is 1. The maximum atomic E-state index is 13.3. The highest BCUT2D eigenvalue weighted by Gasteiger charge is 2.44. The summed E-state index contributed by atoms with van der Waals surface area (Å²) in [6.07, 6.45) is -1.46. The number of aliphatic hydroxyl groups excluding tert-OH is 1. The lowest BCUT2D eigenvalue weighted by atomic mass is 9.93. The molecule has 1 saturated heterocycles. The Morgan fingerprint density at radius 1 is 0.947 bits per heavy atom. The normalized spacial score (nSPS) is 17.8. The second kappa shape index (κ2) is 10.9. The van der Waals surface area contributed by atoms with Gasteiger partial charge in [0.1, 0.15) is 29.5 Å². The van der Waals surface area contributed by atoms with E-state index in [1.54, 1.807) is 12.1 Å². The molecule has 2 N–H and O–H groups in total. The Labute approximate surface area is 220 Å². The van der Waals surface area contributed by atoms with Gasteiger partial charge >= 0.3 is 6.09 Å². The molecule has 0 aromatic heterocycles. The molecule has 0 radical (unpaired) electrons. The molecule has 0 bridgehead atoms. The summed E-state index contributed by atoms with van der Waals surface area (Å²) in [6.45, 7) is 0. The van der Waals surface area contributed by atoms with Gasteiger partial charge in [-0.15, -0.1) is 0 Å². The van der Waals surface area contributed by atoms with Crippen molar-refractivity contribution in [2.75, 3.05) is 12.0 Å². The molecule has 1 aliphatic heterocycles. The van der Waals surface area contributed by atoms with Gasteiger partial charge in [-0.2, -0.15) is 0 Å². The molecule has 0 spiro atoms. The van der Waals surface area contributed by atoms with Gasteiger partial charge < -0.3 is 19.7 Å². The summed E-state index contributed by atoms with van der Waals surface area (Å²) in [5, 5.41) is 21.6. The number of ether oxygens (including phenoxy) is 2. The van der Waals surface area contributed by atoms with Gasteiger partial charge in [-0.05, 0) is 65.9 Å². The van der Waals surface area contributed by atoms with Crippen molar-refractivity contribution in [3.05, 3.63) is 114 Å². The smallest absolute Gasteiger partial charge is 0.415 e. The van der Waals surface area contributed by atoms with E-state index in [0.29, 0.717) is 29.0 Å². The Morgan fingerprint density at radius 2 is 1.63 bits per heavy atom. The van der Waals surface area contributed by atoms with E-state index in [1.165, 1.54) is 42.3 Å². The number of hydrogen-bond acceptors (Lipinski definition) is 5. The monoisotopic (exact) mass is 513 g/mol. The maximum absolute atomic E-state index is 13.3. The molecule has 6 nitrogen and oxygen atoms in total. The quantitative estimate of drug-likeness (QED) is 0.271. The van der Waals surface area contributed by atoms with Crippen molar-refractivity contribution in [3.63, 3.8) is 0 Å². The molecule has 4 aromatic carbocycles. The topological polar surface area (TPSA) is 79.2 Å². The van der Waals surface area contributed by atoms with E-state index in [2.05, 4.69) is 0 Å². The van der Waals surface area contributed by atoms with Gasteiger partial charge in [-0.3, -0.25) is 4.90 Å². The molecule has 1 heterocycles. The fourth-order valence-corrected chi connectivity index (χ4v) is 4.87. The van der Waals surface area contributed by atoms with Crippen molar-refractivity contribution in [1.29, 1.82) is 0 Å². The van der Waals surface area contributed by atoms with E-state index in [9.17, 15) is 19.4 Å². The number of phenols is 1. The molecular formula is C31H28FNO5. The highest BCUT2D eigenvalue weighted by Crippen LogP contribution is 2.44. The van der Waals surface area contributed by atoms with Gasteiger partial charge in [-0.25, -0.2) is 9.18 Å². The van der Waals surface area contributed by atoms with Gasteiger partial charge in [0, 0.05) is 17.3 Å². The third-order valence-electron chi connectivity index (χ3n) is 6.87. The molecule has 1 fully saturated rings. The number of cyclic esters (lactones) is 1. The number of carbonyl (C=O) groups excluding carboxylic acids is 1. The number of anilines is 1. The molecule has 38 heavy (non-hydrogen) atoms. The highest BCUT2D eigenvalue weighted by atomic mass is 19.1. The van der Waals surface area contributed by atoms with Gasteiger partial charge in [0.05, 0.1) is 13.2 Å².